The molecule has 7 nitrogen and oxygen atoms in total. The summed E-state index contributed by atoms with van der Waals surface area (Å²) in [5.74, 6) is 0.565. The molecule has 1 amide bonds. The van der Waals surface area contributed by atoms with E-state index in [9.17, 15) is 14.9 Å². The minimum atomic E-state index is -0.550. The number of halogens is 2. The Morgan fingerprint density at radius 3 is 2.45 bits per heavy atom. The van der Waals surface area contributed by atoms with Gasteiger partial charge in [0.15, 0.2) is 8.68 Å². The van der Waals surface area contributed by atoms with Gasteiger partial charge in [0.25, 0.3) is 5.69 Å². The second-order valence-electron chi connectivity index (χ2n) is 5.51. The lowest BCUT2D eigenvalue weighted by Crippen LogP contribution is -2.14. The molecule has 0 aliphatic heterocycles. The highest BCUT2D eigenvalue weighted by molar-refractivity contribution is 8.03. The van der Waals surface area contributed by atoms with Crippen LogP contribution in [0, 0.1) is 10.1 Å². The fourth-order valence-corrected chi connectivity index (χ4v) is 5.20. The van der Waals surface area contributed by atoms with Gasteiger partial charge < -0.3 is 5.32 Å². The molecule has 0 spiro atoms. The van der Waals surface area contributed by atoms with Crippen LogP contribution in [0.25, 0.3) is 0 Å². The number of nitro benzene ring substituents is 1. The van der Waals surface area contributed by atoms with Crippen molar-refractivity contribution >= 4 is 75.3 Å². The number of hydrogen-bond donors (Lipinski definition) is 1. The third kappa shape index (κ3) is 6.58. The van der Waals surface area contributed by atoms with Crippen molar-refractivity contribution in [3.05, 3.63) is 68.2 Å². The first-order chi connectivity index (χ1) is 13.9. The van der Waals surface area contributed by atoms with E-state index in [0.717, 1.165) is 15.7 Å². The van der Waals surface area contributed by atoms with Crippen LogP contribution in [0.4, 0.5) is 11.4 Å². The molecule has 0 atom stereocenters. The quantitative estimate of drug-likeness (QED) is 0.244. The number of nitrogens with one attached hydrogen (secondary N) is 1. The maximum absolute atomic E-state index is 12.1. The molecule has 3 aromatic rings. The minimum absolute atomic E-state index is 0.106. The van der Waals surface area contributed by atoms with Crippen molar-refractivity contribution in [2.75, 3.05) is 11.1 Å². The lowest BCUT2D eigenvalue weighted by atomic mass is 10.2. The highest BCUT2D eigenvalue weighted by Crippen LogP contribution is 2.31. The average Bonchev–Trinajstić information content (AvgIpc) is 3.15. The van der Waals surface area contributed by atoms with Crippen molar-refractivity contribution in [2.24, 2.45) is 0 Å². The molecular weight excluding hydrogens is 475 g/mol. The van der Waals surface area contributed by atoms with E-state index >= 15 is 0 Å². The van der Waals surface area contributed by atoms with Crippen LogP contribution in [-0.2, 0) is 10.5 Å². The summed E-state index contributed by atoms with van der Waals surface area (Å²) >= 11 is 16.1. The van der Waals surface area contributed by atoms with Crippen LogP contribution < -0.4 is 5.32 Å². The maximum atomic E-state index is 12.1. The van der Waals surface area contributed by atoms with Crippen LogP contribution in [0.5, 0.6) is 0 Å². The van der Waals surface area contributed by atoms with Crippen LogP contribution in [0.2, 0.25) is 10.0 Å². The summed E-state index contributed by atoms with van der Waals surface area (Å²) in [6.45, 7) is 0. The Kier molecular flexibility index (Phi) is 7.73. The molecule has 3 rings (SSSR count). The number of anilines is 1. The van der Waals surface area contributed by atoms with Crippen molar-refractivity contribution in [3.63, 3.8) is 0 Å². The smallest absolute Gasteiger partial charge is 0.271 e. The van der Waals surface area contributed by atoms with Gasteiger partial charge in [-0.05, 0) is 23.8 Å². The Hall–Kier alpha value is -1.85. The predicted octanol–water partition coefficient (Wildman–Crippen LogP) is 5.78. The topological polar surface area (TPSA) is 98.0 Å². The molecule has 0 saturated carbocycles. The predicted molar refractivity (Wildman–Crippen MR) is 118 cm³/mol. The third-order valence-electron chi connectivity index (χ3n) is 3.43. The first kappa shape index (κ1) is 21.8. The normalized spacial score (nSPS) is 10.7. The molecule has 0 saturated heterocycles. The summed E-state index contributed by atoms with van der Waals surface area (Å²) in [7, 11) is 0. The lowest BCUT2D eigenvalue weighted by Gasteiger charge is -2.06. The molecule has 0 unspecified atom stereocenters. The Labute approximate surface area is 188 Å². The summed E-state index contributed by atoms with van der Waals surface area (Å²) in [6, 6.07) is 11.5. The van der Waals surface area contributed by atoms with Gasteiger partial charge in [-0.25, -0.2) is 0 Å². The van der Waals surface area contributed by atoms with Gasteiger partial charge in [0.1, 0.15) is 0 Å². The molecule has 0 aliphatic carbocycles. The van der Waals surface area contributed by atoms with Crippen molar-refractivity contribution in [1.29, 1.82) is 0 Å². The molecule has 2 aromatic carbocycles. The minimum Gasteiger partial charge on any atom is -0.324 e. The van der Waals surface area contributed by atoms with Crippen LogP contribution in [0.15, 0.2) is 51.1 Å². The molecule has 29 heavy (non-hydrogen) atoms. The fourth-order valence-electron chi connectivity index (χ4n) is 2.07. The van der Waals surface area contributed by atoms with E-state index in [4.69, 9.17) is 23.2 Å². The van der Waals surface area contributed by atoms with Gasteiger partial charge in [-0.3, -0.25) is 14.9 Å². The van der Waals surface area contributed by atoms with E-state index in [1.165, 1.54) is 41.3 Å². The van der Waals surface area contributed by atoms with Gasteiger partial charge in [-0.15, -0.1) is 10.2 Å². The van der Waals surface area contributed by atoms with Crippen molar-refractivity contribution in [1.82, 2.24) is 10.2 Å². The summed E-state index contributed by atoms with van der Waals surface area (Å²) in [6.07, 6.45) is 0. The summed E-state index contributed by atoms with van der Waals surface area (Å²) in [5.41, 5.74) is 1.31. The van der Waals surface area contributed by atoms with Gasteiger partial charge in [0.2, 0.25) is 5.91 Å². The zero-order valence-electron chi connectivity index (χ0n) is 14.5. The van der Waals surface area contributed by atoms with Crippen molar-refractivity contribution in [2.45, 2.75) is 14.4 Å². The molecule has 1 heterocycles. The first-order valence-corrected chi connectivity index (χ1v) is 11.5. The van der Waals surface area contributed by atoms with Crippen molar-refractivity contribution in [3.8, 4) is 0 Å². The summed E-state index contributed by atoms with van der Waals surface area (Å²) < 4.78 is 1.48. The Balaban J connectivity index is 1.48. The number of nitro groups is 1. The van der Waals surface area contributed by atoms with Crippen LogP contribution in [0.1, 0.15) is 5.56 Å². The summed E-state index contributed by atoms with van der Waals surface area (Å²) in [4.78, 5) is 22.3. The number of non-ortho nitro benzene ring substituents is 1. The van der Waals surface area contributed by atoms with Gasteiger partial charge in [-0.2, -0.15) is 0 Å². The number of carbonyl (C=O) groups excluding carboxylic acids is 1. The molecule has 1 N–H and O–H groups in total. The Morgan fingerprint density at radius 2 is 1.79 bits per heavy atom. The highest BCUT2D eigenvalue weighted by Gasteiger charge is 2.13. The third-order valence-corrected chi connectivity index (χ3v) is 7.25. The molecule has 0 radical (unpaired) electrons. The molecule has 0 aliphatic rings. The van der Waals surface area contributed by atoms with E-state index in [1.807, 2.05) is 24.3 Å². The summed E-state index contributed by atoms with van der Waals surface area (Å²) in [5, 5.41) is 22.4. The van der Waals surface area contributed by atoms with Crippen LogP contribution in [-0.4, -0.2) is 26.8 Å². The number of amides is 1. The monoisotopic (exact) mass is 486 g/mol. The number of carbonyl (C=O) groups is 1. The van der Waals surface area contributed by atoms with Gasteiger partial charge >= 0.3 is 0 Å². The zero-order chi connectivity index (χ0) is 20.8. The second kappa shape index (κ2) is 10.3. The first-order valence-electron chi connectivity index (χ1n) is 7.98. The molecule has 0 bridgehead atoms. The number of thioether (sulfide) groups is 2. The molecule has 150 valence electrons. The largest absolute Gasteiger partial charge is 0.324 e. The van der Waals surface area contributed by atoms with E-state index < -0.39 is 4.92 Å². The van der Waals surface area contributed by atoms with Crippen molar-refractivity contribution < 1.29 is 9.72 Å². The average molecular weight is 487 g/mol. The van der Waals surface area contributed by atoms with Crippen LogP contribution in [0.3, 0.4) is 0 Å². The number of nitrogens with zero attached hydrogens (tertiary/aromatic N) is 3. The second-order valence-corrected chi connectivity index (χ2v) is 9.77. The number of hydrogen-bond acceptors (Lipinski definition) is 8. The van der Waals surface area contributed by atoms with E-state index in [-0.39, 0.29) is 22.4 Å². The lowest BCUT2D eigenvalue weighted by molar-refractivity contribution is -0.384. The molecular formula is C17H12Cl2N4O3S3. The Morgan fingerprint density at radius 1 is 1.10 bits per heavy atom. The standard InChI is InChI=1S/C17H12Cl2N4O3S3/c18-11-3-1-10(2-4-11)8-27-16-21-22-17(29-16)28-9-15(24)20-14-6-5-12(23(25)26)7-13(14)19/h1-7H,8-9H2,(H,20,24). The molecule has 12 heteroatoms. The Bertz CT molecular complexity index is 1030. The van der Waals surface area contributed by atoms with Crippen LogP contribution >= 0.6 is 58.1 Å². The van der Waals surface area contributed by atoms with E-state index in [2.05, 4.69) is 15.5 Å². The zero-order valence-corrected chi connectivity index (χ0v) is 18.5. The maximum Gasteiger partial charge on any atom is 0.271 e. The van der Waals surface area contributed by atoms with E-state index in [1.54, 1.807) is 11.8 Å². The molecule has 0 fully saturated rings. The van der Waals surface area contributed by atoms with Gasteiger partial charge in [-0.1, -0.05) is 70.2 Å². The fraction of sp³-hybridized carbons (Fsp3) is 0.118. The number of aromatic nitrogens is 2. The van der Waals surface area contributed by atoms with Gasteiger partial charge in [0, 0.05) is 22.9 Å². The molecule has 1 aromatic heterocycles. The van der Waals surface area contributed by atoms with E-state index in [0.29, 0.717) is 15.0 Å². The SMILES string of the molecule is O=C(CSc1nnc(SCc2ccc(Cl)cc2)s1)Nc1ccc([N+](=O)[O-])cc1Cl. The van der Waals surface area contributed by atoms with Gasteiger partial charge in [0.05, 0.1) is 21.4 Å². The highest BCUT2D eigenvalue weighted by atomic mass is 35.5. The number of rotatable bonds is 8. The number of benzene rings is 2.